The van der Waals surface area contributed by atoms with Gasteiger partial charge >= 0.3 is 0 Å². The molecule has 0 fully saturated rings. The Bertz CT molecular complexity index is 314. The molecule has 0 aliphatic rings. The number of unbranched alkanes of at least 4 members (excludes halogenated alkanes) is 1. The van der Waals surface area contributed by atoms with Gasteiger partial charge in [0.1, 0.15) is 12.7 Å². The fourth-order valence-corrected chi connectivity index (χ4v) is 1.40. The van der Waals surface area contributed by atoms with Crippen LogP contribution in [0.1, 0.15) is 32.6 Å². The van der Waals surface area contributed by atoms with Crippen molar-refractivity contribution in [2.24, 2.45) is 0 Å². The Morgan fingerprint density at radius 2 is 2.22 bits per heavy atom. The molecule has 0 bridgehead atoms. The van der Waals surface area contributed by atoms with Crippen LogP contribution >= 0.6 is 0 Å². The van der Waals surface area contributed by atoms with Crippen LogP contribution in [0.3, 0.4) is 0 Å². The largest absolute Gasteiger partial charge is 0.381 e. The van der Waals surface area contributed by atoms with Gasteiger partial charge in [0.15, 0.2) is 0 Å². The van der Waals surface area contributed by atoms with Gasteiger partial charge in [0, 0.05) is 26.2 Å². The number of hydrogen-bond donors (Lipinski definition) is 1. The molecule has 0 saturated carbocycles. The summed E-state index contributed by atoms with van der Waals surface area (Å²) >= 11 is 0. The molecule has 18 heavy (non-hydrogen) atoms. The molecule has 6 heteroatoms. The fourth-order valence-electron chi connectivity index (χ4n) is 1.40. The topological polar surface area (TPSA) is 69.0 Å². The summed E-state index contributed by atoms with van der Waals surface area (Å²) < 4.78 is 7.05. The molecule has 0 aromatic carbocycles. The summed E-state index contributed by atoms with van der Waals surface area (Å²) in [7, 11) is 0. The Hall–Kier alpha value is -1.43. The van der Waals surface area contributed by atoms with Crippen LogP contribution in [0.4, 0.5) is 0 Å². The molecule has 1 heterocycles. The molecule has 0 unspecified atom stereocenters. The van der Waals surface area contributed by atoms with Crippen molar-refractivity contribution in [1.29, 1.82) is 0 Å². The zero-order chi connectivity index (χ0) is 13.1. The number of nitrogens with one attached hydrogen (secondary N) is 1. The number of amides is 1. The van der Waals surface area contributed by atoms with E-state index in [0.717, 1.165) is 25.9 Å². The van der Waals surface area contributed by atoms with E-state index >= 15 is 0 Å². The molecule has 102 valence electrons. The minimum atomic E-state index is 0.0408. The Morgan fingerprint density at radius 1 is 1.39 bits per heavy atom. The van der Waals surface area contributed by atoms with E-state index in [4.69, 9.17) is 4.74 Å². The second-order valence-corrected chi connectivity index (χ2v) is 4.08. The van der Waals surface area contributed by atoms with Crippen LogP contribution in [0.25, 0.3) is 0 Å². The lowest BCUT2D eigenvalue weighted by atomic mass is 10.3. The standard InChI is InChI=1S/C12H22N4O2/c1-2-3-8-18-9-4-6-14-12(17)5-7-16-11-13-10-15-16/h10-11H,2-9H2,1H3,(H,14,17). The van der Waals surface area contributed by atoms with E-state index in [0.29, 0.717) is 26.1 Å². The van der Waals surface area contributed by atoms with Crippen LogP contribution in [0.2, 0.25) is 0 Å². The first kappa shape index (κ1) is 14.6. The van der Waals surface area contributed by atoms with Gasteiger partial charge in [0.25, 0.3) is 0 Å². The van der Waals surface area contributed by atoms with Gasteiger partial charge in [-0.25, -0.2) is 4.98 Å². The number of rotatable bonds is 10. The molecule has 0 atom stereocenters. The minimum absolute atomic E-state index is 0.0408. The summed E-state index contributed by atoms with van der Waals surface area (Å²) in [6, 6.07) is 0. The predicted octanol–water partition coefficient (Wildman–Crippen LogP) is 0.991. The monoisotopic (exact) mass is 254 g/mol. The molecule has 0 aliphatic carbocycles. The fraction of sp³-hybridized carbons (Fsp3) is 0.750. The lowest BCUT2D eigenvalue weighted by molar-refractivity contribution is -0.121. The first-order valence-corrected chi connectivity index (χ1v) is 6.49. The highest BCUT2D eigenvalue weighted by Gasteiger charge is 2.01. The highest BCUT2D eigenvalue weighted by atomic mass is 16.5. The molecule has 0 aliphatic heterocycles. The molecule has 0 spiro atoms. The molecular weight excluding hydrogens is 232 g/mol. The SMILES string of the molecule is CCCCOCCCNC(=O)CCn1cncn1. The smallest absolute Gasteiger partial charge is 0.221 e. The average molecular weight is 254 g/mol. The molecule has 0 radical (unpaired) electrons. The third-order valence-electron chi connectivity index (χ3n) is 2.46. The third-order valence-corrected chi connectivity index (χ3v) is 2.46. The summed E-state index contributed by atoms with van der Waals surface area (Å²) in [6.07, 6.45) is 6.61. The van der Waals surface area contributed by atoms with Gasteiger partial charge in [0.05, 0.1) is 6.54 Å². The number of aryl methyl sites for hydroxylation is 1. The molecule has 0 saturated heterocycles. The van der Waals surface area contributed by atoms with Crippen molar-refractivity contribution in [3.63, 3.8) is 0 Å². The third kappa shape index (κ3) is 7.01. The van der Waals surface area contributed by atoms with Crippen molar-refractivity contribution in [2.75, 3.05) is 19.8 Å². The number of hydrogen-bond acceptors (Lipinski definition) is 4. The van der Waals surface area contributed by atoms with Crippen LogP contribution in [0.5, 0.6) is 0 Å². The minimum Gasteiger partial charge on any atom is -0.381 e. The lowest BCUT2D eigenvalue weighted by Crippen LogP contribution is -2.26. The number of aromatic nitrogens is 3. The molecule has 6 nitrogen and oxygen atoms in total. The second-order valence-electron chi connectivity index (χ2n) is 4.08. The Labute approximate surface area is 108 Å². The average Bonchev–Trinajstić information content (AvgIpc) is 2.88. The van der Waals surface area contributed by atoms with Gasteiger partial charge in [-0.15, -0.1) is 0 Å². The zero-order valence-corrected chi connectivity index (χ0v) is 11.0. The Kier molecular flexibility index (Phi) is 7.79. The molecule has 1 aromatic rings. The van der Waals surface area contributed by atoms with E-state index in [1.807, 2.05) is 0 Å². The summed E-state index contributed by atoms with van der Waals surface area (Å²) in [6.45, 7) is 4.90. The first-order valence-electron chi connectivity index (χ1n) is 6.49. The van der Waals surface area contributed by atoms with Crippen LogP contribution in [-0.4, -0.2) is 40.4 Å². The lowest BCUT2D eigenvalue weighted by Gasteiger charge is -2.06. The number of carbonyl (C=O) groups is 1. The van der Waals surface area contributed by atoms with E-state index in [2.05, 4.69) is 22.3 Å². The number of carbonyl (C=O) groups excluding carboxylic acids is 1. The maximum atomic E-state index is 11.5. The van der Waals surface area contributed by atoms with Crippen molar-refractivity contribution < 1.29 is 9.53 Å². The van der Waals surface area contributed by atoms with Crippen molar-refractivity contribution in [2.45, 2.75) is 39.2 Å². The Balaban J connectivity index is 1.90. The van der Waals surface area contributed by atoms with Gasteiger partial charge < -0.3 is 10.1 Å². The summed E-state index contributed by atoms with van der Waals surface area (Å²) in [5.41, 5.74) is 0. The Morgan fingerprint density at radius 3 is 2.94 bits per heavy atom. The number of ether oxygens (including phenoxy) is 1. The molecule has 1 amide bonds. The maximum absolute atomic E-state index is 11.5. The summed E-state index contributed by atoms with van der Waals surface area (Å²) in [5.74, 6) is 0.0408. The van der Waals surface area contributed by atoms with Crippen LogP contribution < -0.4 is 5.32 Å². The zero-order valence-electron chi connectivity index (χ0n) is 11.0. The second kappa shape index (κ2) is 9.58. The van der Waals surface area contributed by atoms with Crippen molar-refractivity contribution in [3.05, 3.63) is 12.7 Å². The molecular formula is C12H22N4O2. The van der Waals surface area contributed by atoms with E-state index in [-0.39, 0.29) is 5.91 Å². The van der Waals surface area contributed by atoms with Crippen LogP contribution in [0, 0.1) is 0 Å². The summed E-state index contributed by atoms with van der Waals surface area (Å²) in [5, 5.41) is 6.79. The van der Waals surface area contributed by atoms with E-state index in [9.17, 15) is 4.79 Å². The maximum Gasteiger partial charge on any atom is 0.221 e. The van der Waals surface area contributed by atoms with Gasteiger partial charge in [-0.3, -0.25) is 9.48 Å². The quantitative estimate of drug-likeness (QED) is 0.632. The molecule has 1 N–H and O–H groups in total. The van der Waals surface area contributed by atoms with Crippen molar-refractivity contribution in [1.82, 2.24) is 20.1 Å². The normalized spacial score (nSPS) is 10.5. The van der Waals surface area contributed by atoms with E-state index in [1.165, 1.54) is 6.33 Å². The molecule has 1 aromatic heterocycles. The van der Waals surface area contributed by atoms with Crippen molar-refractivity contribution >= 4 is 5.91 Å². The van der Waals surface area contributed by atoms with E-state index < -0.39 is 0 Å². The van der Waals surface area contributed by atoms with Crippen LogP contribution in [-0.2, 0) is 16.1 Å². The van der Waals surface area contributed by atoms with E-state index in [1.54, 1.807) is 11.0 Å². The highest BCUT2D eigenvalue weighted by molar-refractivity contribution is 5.75. The summed E-state index contributed by atoms with van der Waals surface area (Å²) in [4.78, 5) is 15.3. The number of nitrogens with zero attached hydrogens (tertiary/aromatic N) is 3. The first-order chi connectivity index (χ1) is 8.83. The molecule has 1 rings (SSSR count). The predicted molar refractivity (Wildman–Crippen MR) is 68.0 cm³/mol. The van der Waals surface area contributed by atoms with Crippen molar-refractivity contribution in [3.8, 4) is 0 Å². The van der Waals surface area contributed by atoms with Gasteiger partial charge in [0.2, 0.25) is 5.91 Å². The van der Waals surface area contributed by atoms with Gasteiger partial charge in [-0.1, -0.05) is 13.3 Å². The highest BCUT2D eigenvalue weighted by Crippen LogP contribution is 1.90. The van der Waals surface area contributed by atoms with Crippen LogP contribution in [0.15, 0.2) is 12.7 Å². The van der Waals surface area contributed by atoms with Gasteiger partial charge in [-0.2, -0.15) is 5.10 Å². The van der Waals surface area contributed by atoms with Gasteiger partial charge in [-0.05, 0) is 12.8 Å².